The molecule has 0 bridgehead atoms. The maximum atomic E-state index is 9.74. The van der Waals surface area contributed by atoms with Crippen LogP contribution in [0.25, 0.3) is 0 Å². The molecule has 0 N–H and O–H groups in total. The molecule has 0 aromatic rings. The quantitative estimate of drug-likeness (QED) is 0.315. The third kappa shape index (κ3) is 5.87. The molecule has 0 rings (SSSR count). The molecule has 0 aromatic carbocycles. The summed E-state index contributed by atoms with van der Waals surface area (Å²) < 4.78 is 8.08. The van der Waals surface area contributed by atoms with Crippen molar-refractivity contribution in [2.75, 3.05) is 14.2 Å². The third-order valence-electron chi connectivity index (χ3n) is 0.333. The monoisotopic (exact) mass is 97.0 g/mol. The van der Waals surface area contributed by atoms with Crippen molar-refractivity contribution >= 4 is 25.0 Å². The molecule has 4 heteroatoms. The fourth-order valence-corrected chi connectivity index (χ4v) is 0.0833. The summed E-state index contributed by atoms with van der Waals surface area (Å²) in [5.41, 5.74) is 0. The van der Waals surface area contributed by atoms with Crippen LogP contribution in [0.2, 0.25) is 0 Å². The number of ether oxygens (including phenoxy) is 2. The van der Waals surface area contributed by atoms with Gasteiger partial charge in [-0.3, -0.25) is 0 Å². The van der Waals surface area contributed by atoms with Gasteiger partial charge in [0.2, 0.25) is 0 Å². The minimum absolute atomic E-state index is 0. The molecule has 7 heavy (non-hydrogen) atoms. The van der Waals surface area contributed by atoms with Gasteiger partial charge in [-0.2, -0.15) is 0 Å². The minimum atomic E-state index is -0.657. The van der Waals surface area contributed by atoms with Crippen molar-refractivity contribution in [1.29, 1.82) is 0 Å². The summed E-state index contributed by atoms with van der Waals surface area (Å²) in [5, 5.41) is 0. The Morgan fingerprint density at radius 3 is 1.57 bits per heavy atom. The zero-order valence-corrected chi connectivity index (χ0v) is 4.72. The second kappa shape index (κ2) is 5.87. The summed E-state index contributed by atoms with van der Waals surface area (Å²) in [6.07, 6.45) is -0.657. The third-order valence-corrected chi connectivity index (χ3v) is 0.333. The van der Waals surface area contributed by atoms with Crippen LogP contribution in [0.5, 0.6) is 0 Å². The van der Waals surface area contributed by atoms with Crippen molar-refractivity contribution in [2.45, 2.75) is 0 Å². The van der Waals surface area contributed by atoms with Gasteiger partial charge >= 0.3 is 6.16 Å². The molecule has 0 saturated heterocycles. The van der Waals surface area contributed by atoms with Crippen LogP contribution in [0.3, 0.4) is 0 Å². The summed E-state index contributed by atoms with van der Waals surface area (Å²) in [4.78, 5) is 9.74. The zero-order chi connectivity index (χ0) is 4.99. The van der Waals surface area contributed by atoms with Crippen molar-refractivity contribution in [1.82, 2.24) is 0 Å². The van der Waals surface area contributed by atoms with E-state index in [4.69, 9.17) is 0 Å². The second-order valence-electron chi connectivity index (χ2n) is 0.658. The van der Waals surface area contributed by atoms with Crippen LogP contribution in [0.1, 0.15) is 0 Å². The van der Waals surface area contributed by atoms with Crippen LogP contribution in [0.4, 0.5) is 4.79 Å². The van der Waals surface area contributed by atoms with E-state index < -0.39 is 6.16 Å². The number of hydrogen-bond donors (Lipinski definition) is 0. The van der Waals surface area contributed by atoms with Crippen LogP contribution >= 0.6 is 0 Å². The Bertz CT molecular complexity index is 48.1. The van der Waals surface area contributed by atoms with Crippen LogP contribution < -0.4 is 0 Å². The molecule has 0 unspecified atom stereocenters. The van der Waals surface area contributed by atoms with E-state index >= 15 is 0 Å². The van der Waals surface area contributed by atoms with E-state index in [9.17, 15) is 4.79 Å². The van der Waals surface area contributed by atoms with Gasteiger partial charge in [0.25, 0.3) is 0 Å². The van der Waals surface area contributed by atoms with Crippen molar-refractivity contribution in [2.24, 2.45) is 0 Å². The summed E-state index contributed by atoms with van der Waals surface area (Å²) in [6, 6.07) is 0. The molecule has 0 aliphatic rings. The minimum Gasteiger partial charge on any atom is -0.438 e. The molecule has 0 atom stereocenters. The zero-order valence-electron chi connectivity index (χ0n) is 4.72. The second-order valence-corrected chi connectivity index (χ2v) is 0.658. The average Bonchev–Trinajstić information content (AvgIpc) is 1.65. The van der Waals surface area contributed by atoms with Gasteiger partial charge in [-0.1, -0.05) is 0 Å². The predicted molar refractivity (Wildman–Crippen MR) is 25.2 cm³/mol. The van der Waals surface area contributed by atoms with Gasteiger partial charge in [0, 0.05) is 18.9 Å². The van der Waals surface area contributed by atoms with Gasteiger partial charge < -0.3 is 9.47 Å². The number of hydrogen-bond acceptors (Lipinski definition) is 3. The molecule has 3 nitrogen and oxygen atoms in total. The summed E-state index contributed by atoms with van der Waals surface area (Å²) in [5.74, 6) is 0. The molecule has 0 spiro atoms. The van der Waals surface area contributed by atoms with Crippen molar-refractivity contribution < 1.29 is 14.3 Å². The van der Waals surface area contributed by atoms with Crippen LogP contribution in [0, 0.1) is 0 Å². The Kier molecular flexibility index (Phi) is 8.36. The fraction of sp³-hybridized carbons (Fsp3) is 0.667. The number of methoxy groups -OCH3 is 2. The smallest absolute Gasteiger partial charge is 0.438 e. The topological polar surface area (TPSA) is 35.5 Å². The van der Waals surface area contributed by atoms with E-state index in [1.165, 1.54) is 14.2 Å². The Labute approximate surface area is 54.2 Å². The number of rotatable bonds is 0. The van der Waals surface area contributed by atoms with Gasteiger partial charge in [0.1, 0.15) is 0 Å². The van der Waals surface area contributed by atoms with Gasteiger partial charge in [-0.05, 0) is 0 Å². The van der Waals surface area contributed by atoms with Crippen LogP contribution in [-0.2, 0) is 9.47 Å². The van der Waals surface area contributed by atoms with E-state index in [0.29, 0.717) is 0 Å². The van der Waals surface area contributed by atoms with E-state index in [1.807, 2.05) is 0 Å². The molecular formula is C3H6LiO3. The predicted octanol–water partition coefficient (Wildman–Crippen LogP) is 0.0184. The SMILES string of the molecule is COC(=O)OC.[Li]. The Balaban J connectivity index is 0. The Morgan fingerprint density at radius 1 is 1.29 bits per heavy atom. The van der Waals surface area contributed by atoms with Gasteiger partial charge in [-0.15, -0.1) is 0 Å². The van der Waals surface area contributed by atoms with Crippen molar-refractivity contribution in [3.63, 3.8) is 0 Å². The Hall–Kier alpha value is -0.133. The van der Waals surface area contributed by atoms with E-state index in [1.54, 1.807) is 0 Å². The van der Waals surface area contributed by atoms with Gasteiger partial charge in [0.05, 0.1) is 14.2 Å². The molecule has 0 fully saturated rings. The van der Waals surface area contributed by atoms with E-state index in [-0.39, 0.29) is 18.9 Å². The molecule has 0 aliphatic heterocycles. The maximum Gasteiger partial charge on any atom is 0.507 e. The number of carbonyl (C=O) groups excluding carboxylic acids is 1. The molecule has 0 aliphatic carbocycles. The Morgan fingerprint density at radius 2 is 1.57 bits per heavy atom. The normalized spacial score (nSPS) is 6.00. The number of carbonyl (C=O) groups is 1. The molecule has 0 saturated carbocycles. The largest absolute Gasteiger partial charge is 0.507 e. The fourth-order valence-electron chi connectivity index (χ4n) is 0.0833. The standard InChI is InChI=1S/C3H6O3.Li/c1-5-3(4)6-2;/h1-2H3;. The maximum absolute atomic E-state index is 9.74. The average molecular weight is 97.0 g/mol. The molecule has 0 aromatic heterocycles. The van der Waals surface area contributed by atoms with Crippen molar-refractivity contribution in [3.05, 3.63) is 0 Å². The molecule has 37 valence electrons. The first-order valence-electron chi connectivity index (χ1n) is 1.43. The molecule has 0 heterocycles. The summed E-state index contributed by atoms with van der Waals surface area (Å²) >= 11 is 0. The molecular weight excluding hydrogens is 91.0 g/mol. The molecule has 0 amide bonds. The first-order chi connectivity index (χ1) is 2.81. The first-order valence-corrected chi connectivity index (χ1v) is 1.43. The van der Waals surface area contributed by atoms with Gasteiger partial charge in [0.15, 0.2) is 0 Å². The van der Waals surface area contributed by atoms with Crippen LogP contribution in [-0.4, -0.2) is 39.2 Å². The van der Waals surface area contributed by atoms with E-state index in [2.05, 4.69) is 9.47 Å². The molecule has 1 radical (unpaired) electrons. The first kappa shape index (κ1) is 9.98. The summed E-state index contributed by atoms with van der Waals surface area (Å²) in [7, 11) is 2.51. The van der Waals surface area contributed by atoms with Crippen molar-refractivity contribution in [3.8, 4) is 0 Å². The summed E-state index contributed by atoms with van der Waals surface area (Å²) in [6.45, 7) is 0. The van der Waals surface area contributed by atoms with E-state index in [0.717, 1.165) is 0 Å². The van der Waals surface area contributed by atoms with Crippen LogP contribution in [0.15, 0.2) is 0 Å². The van der Waals surface area contributed by atoms with Gasteiger partial charge in [-0.25, -0.2) is 4.79 Å².